The molecule has 0 aliphatic rings. The Morgan fingerprint density at radius 3 is 2.14 bits per heavy atom. The average Bonchev–Trinajstić information content (AvgIpc) is 2.95. The normalized spacial score (nSPS) is 16.1. The zero-order valence-electron chi connectivity index (χ0n) is 14.8. The Balaban J connectivity index is 2.96. The van der Waals surface area contributed by atoms with E-state index in [0.29, 0.717) is 6.04 Å². The van der Waals surface area contributed by atoms with Gasteiger partial charge in [0.25, 0.3) is 0 Å². The molecule has 2 unspecified atom stereocenters. The van der Waals surface area contributed by atoms with Crippen molar-refractivity contribution in [1.29, 1.82) is 0 Å². The number of hydrogen-bond donors (Lipinski definition) is 1. The molecule has 0 radical (unpaired) electrons. The Bertz CT molecular complexity index is 398. The molecule has 0 saturated heterocycles. The lowest BCUT2D eigenvalue weighted by Gasteiger charge is -2.46. The van der Waals surface area contributed by atoms with Gasteiger partial charge in [0, 0.05) is 21.3 Å². The first-order valence-corrected chi connectivity index (χ1v) is 9.43. The van der Waals surface area contributed by atoms with Crippen LogP contribution in [0.25, 0.3) is 0 Å². The minimum Gasteiger partial charge on any atom is -0.312 e. The first kappa shape index (κ1) is 18.7. The van der Waals surface area contributed by atoms with Crippen molar-refractivity contribution in [1.82, 2.24) is 10.2 Å². The smallest absolute Gasteiger partial charge is 0.0335 e. The van der Waals surface area contributed by atoms with Gasteiger partial charge < -0.3 is 5.32 Å². The van der Waals surface area contributed by atoms with Gasteiger partial charge in [0.2, 0.25) is 0 Å². The van der Waals surface area contributed by atoms with Crippen molar-refractivity contribution < 1.29 is 0 Å². The highest BCUT2D eigenvalue weighted by atomic mass is 32.1. The molecule has 2 nitrogen and oxygen atoms in total. The Hall–Kier alpha value is -0.380. The Labute approximate surface area is 135 Å². The van der Waals surface area contributed by atoms with Crippen molar-refractivity contribution in [2.45, 2.75) is 72.4 Å². The Morgan fingerprint density at radius 2 is 1.71 bits per heavy atom. The van der Waals surface area contributed by atoms with Gasteiger partial charge in [-0.2, -0.15) is 0 Å². The molecular weight excluding hydrogens is 276 g/mol. The van der Waals surface area contributed by atoms with Crippen LogP contribution in [0.2, 0.25) is 0 Å². The van der Waals surface area contributed by atoms with Crippen molar-refractivity contribution in [2.24, 2.45) is 0 Å². The molecule has 21 heavy (non-hydrogen) atoms. The molecule has 1 N–H and O–H groups in total. The molecule has 2 atom stereocenters. The topological polar surface area (TPSA) is 15.3 Å². The van der Waals surface area contributed by atoms with E-state index in [9.17, 15) is 0 Å². The maximum absolute atomic E-state index is 3.76. The van der Waals surface area contributed by atoms with Crippen LogP contribution in [0.5, 0.6) is 0 Å². The van der Waals surface area contributed by atoms with E-state index in [1.807, 2.05) is 11.3 Å². The summed E-state index contributed by atoms with van der Waals surface area (Å²) in [6, 6.07) is 5.13. The lowest BCUT2D eigenvalue weighted by molar-refractivity contribution is 0.0710. The lowest BCUT2D eigenvalue weighted by atomic mass is 9.84. The fourth-order valence-corrected chi connectivity index (χ4v) is 4.32. The summed E-state index contributed by atoms with van der Waals surface area (Å²) in [6.45, 7) is 17.0. The summed E-state index contributed by atoms with van der Waals surface area (Å²) < 4.78 is 0. The van der Waals surface area contributed by atoms with Gasteiger partial charge in [0.05, 0.1) is 0 Å². The second-order valence-corrected chi connectivity index (χ2v) is 7.17. The highest BCUT2D eigenvalue weighted by Gasteiger charge is 2.36. The fraction of sp³-hybridized carbons (Fsp3) is 0.778. The monoisotopic (exact) mass is 310 g/mol. The van der Waals surface area contributed by atoms with E-state index in [1.54, 1.807) is 0 Å². The molecular formula is C18H34N2S. The third-order valence-electron chi connectivity index (χ3n) is 4.87. The van der Waals surface area contributed by atoms with E-state index < -0.39 is 0 Å². The van der Waals surface area contributed by atoms with Gasteiger partial charge in [-0.1, -0.05) is 34.6 Å². The number of likely N-dealkylation sites (N-methyl/N-ethyl adjacent to an activating group) is 2. The van der Waals surface area contributed by atoms with Gasteiger partial charge in [-0.15, -0.1) is 11.3 Å². The fourth-order valence-electron chi connectivity index (χ4n) is 3.32. The molecule has 0 amide bonds. The summed E-state index contributed by atoms with van der Waals surface area (Å²) in [5, 5.41) is 3.76. The highest BCUT2D eigenvalue weighted by Crippen LogP contribution is 2.28. The third kappa shape index (κ3) is 4.54. The van der Waals surface area contributed by atoms with Crippen LogP contribution in [0.1, 0.15) is 57.7 Å². The Kier molecular flexibility index (Phi) is 7.93. The summed E-state index contributed by atoms with van der Waals surface area (Å²) in [4.78, 5) is 5.64. The number of hydrogen-bond acceptors (Lipinski definition) is 3. The van der Waals surface area contributed by atoms with Crippen molar-refractivity contribution >= 4 is 11.3 Å². The van der Waals surface area contributed by atoms with Crippen molar-refractivity contribution in [3.05, 3.63) is 21.9 Å². The van der Waals surface area contributed by atoms with Gasteiger partial charge in [0.1, 0.15) is 0 Å². The zero-order valence-corrected chi connectivity index (χ0v) is 15.6. The van der Waals surface area contributed by atoms with Crippen LogP contribution in [0, 0.1) is 0 Å². The molecule has 0 fully saturated rings. The predicted octanol–water partition coefficient (Wildman–Crippen LogP) is 4.34. The summed E-state index contributed by atoms with van der Waals surface area (Å²) in [5.41, 5.74) is 0.218. The second kappa shape index (κ2) is 8.92. The van der Waals surface area contributed by atoms with Crippen LogP contribution in [-0.2, 0) is 12.8 Å². The van der Waals surface area contributed by atoms with E-state index in [-0.39, 0.29) is 5.54 Å². The zero-order chi connectivity index (χ0) is 15.9. The summed E-state index contributed by atoms with van der Waals surface area (Å²) in [7, 11) is 0. The SMILES string of the molecule is CCNC(Cc1ccc(CC)s1)C(C)(CC)N(CC)CC. The van der Waals surface area contributed by atoms with Crippen molar-refractivity contribution in [3.8, 4) is 0 Å². The molecule has 122 valence electrons. The maximum atomic E-state index is 3.76. The molecule has 1 rings (SSSR count). The molecule has 0 aromatic carbocycles. The molecule has 1 aromatic heterocycles. The molecule has 0 spiro atoms. The number of nitrogens with zero attached hydrogens (tertiary/aromatic N) is 1. The van der Waals surface area contributed by atoms with Gasteiger partial charge >= 0.3 is 0 Å². The minimum atomic E-state index is 0.218. The average molecular weight is 311 g/mol. The van der Waals surface area contributed by atoms with Crippen molar-refractivity contribution in [2.75, 3.05) is 19.6 Å². The maximum Gasteiger partial charge on any atom is 0.0335 e. The largest absolute Gasteiger partial charge is 0.312 e. The minimum absolute atomic E-state index is 0.218. The van der Waals surface area contributed by atoms with Crippen LogP contribution in [0.15, 0.2) is 12.1 Å². The van der Waals surface area contributed by atoms with Crippen LogP contribution < -0.4 is 5.32 Å². The van der Waals surface area contributed by atoms with E-state index in [0.717, 1.165) is 32.5 Å². The van der Waals surface area contributed by atoms with Crippen LogP contribution in [0.4, 0.5) is 0 Å². The molecule has 0 aliphatic carbocycles. The molecule has 0 aliphatic heterocycles. The van der Waals surface area contributed by atoms with Crippen LogP contribution in [-0.4, -0.2) is 36.1 Å². The van der Waals surface area contributed by atoms with E-state index >= 15 is 0 Å². The molecule has 1 aromatic rings. The standard InChI is InChI=1S/C18H34N2S/c1-7-15-12-13-16(21-15)14-17(19-9-3)18(6,8-2)20(10-4)11-5/h12-13,17,19H,7-11,14H2,1-6H3. The van der Waals surface area contributed by atoms with Gasteiger partial charge in [-0.05, 0) is 58.0 Å². The molecule has 1 heterocycles. The molecule has 0 bridgehead atoms. The summed E-state index contributed by atoms with van der Waals surface area (Å²) >= 11 is 1.98. The number of nitrogens with one attached hydrogen (secondary N) is 1. The molecule has 3 heteroatoms. The van der Waals surface area contributed by atoms with E-state index in [2.05, 4.69) is 63.9 Å². The van der Waals surface area contributed by atoms with Crippen molar-refractivity contribution in [3.63, 3.8) is 0 Å². The van der Waals surface area contributed by atoms with Gasteiger partial charge in [-0.3, -0.25) is 4.90 Å². The number of aryl methyl sites for hydroxylation is 1. The number of rotatable bonds is 10. The van der Waals surface area contributed by atoms with Gasteiger partial charge in [0.15, 0.2) is 0 Å². The Morgan fingerprint density at radius 1 is 1.10 bits per heavy atom. The van der Waals surface area contributed by atoms with Crippen LogP contribution in [0.3, 0.4) is 0 Å². The summed E-state index contributed by atoms with van der Waals surface area (Å²) in [6.07, 6.45) is 3.47. The quantitative estimate of drug-likeness (QED) is 0.691. The highest BCUT2D eigenvalue weighted by molar-refractivity contribution is 7.11. The van der Waals surface area contributed by atoms with E-state index in [4.69, 9.17) is 0 Å². The second-order valence-electron chi connectivity index (χ2n) is 5.92. The lowest BCUT2D eigenvalue weighted by Crippen LogP contribution is -2.60. The van der Waals surface area contributed by atoms with Gasteiger partial charge in [-0.25, -0.2) is 0 Å². The van der Waals surface area contributed by atoms with E-state index in [1.165, 1.54) is 16.2 Å². The first-order valence-electron chi connectivity index (χ1n) is 8.61. The number of thiophene rings is 1. The first-order chi connectivity index (χ1) is 10.0. The predicted molar refractivity (Wildman–Crippen MR) is 96.5 cm³/mol. The third-order valence-corrected chi connectivity index (χ3v) is 6.13. The molecule has 0 saturated carbocycles. The summed E-state index contributed by atoms with van der Waals surface area (Å²) in [5.74, 6) is 0. The van der Waals surface area contributed by atoms with Crippen LogP contribution >= 0.6 is 11.3 Å².